The quantitative estimate of drug-likeness (QED) is 0.868. The van der Waals surface area contributed by atoms with Crippen LogP contribution in [-0.4, -0.2) is 16.6 Å². The van der Waals surface area contributed by atoms with Crippen molar-refractivity contribution in [2.45, 2.75) is 25.4 Å². The van der Waals surface area contributed by atoms with Gasteiger partial charge in [-0.15, -0.1) is 0 Å². The SMILES string of the molecule is Cn1cc2c(c1C(=O)Nc1ccc(F)c(C(F)F)c1)CCC2OC(N)=O. The highest BCUT2D eigenvalue weighted by atomic mass is 19.3. The van der Waals surface area contributed by atoms with Gasteiger partial charge in [0.05, 0.1) is 5.56 Å². The number of carbonyl (C=O) groups excluding carboxylic acids is 2. The zero-order valence-electron chi connectivity index (χ0n) is 13.8. The predicted octanol–water partition coefficient (Wildman–Crippen LogP) is 3.44. The molecule has 0 spiro atoms. The molecule has 1 aromatic carbocycles. The molecule has 1 aromatic heterocycles. The number of hydrogen-bond donors (Lipinski definition) is 2. The Morgan fingerprint density at radius 3 is 2.77 bits per heavy atom. The first-order chi connectivity index (χ1) is 12.3. The average Bonchev–Trinajstić information content (AvgIpc) is 3.07. The van der Waals surface area contributed by atoms with Gasteiger partial charge in [-0.3, -0.25) is 4.79 Å². The van der Waals surface area contributed by atoms with Crippen LogP contribution in [0.4, 0.5) is 23.7 Å². The molecule has 3 N–H and O–H groups in total. The van der Waals surface area contributed by atoms with E-state index >= 15 is 0 Å². The number of primary amides is 1. The van der Waals surface area contributed by atoms with E-state index in [-0.39, 0.29) is 5.69 Å². The van der Waals surface area contributed by atoms with Gasteiger partial charge in [0.15, 0.2) is 0 Å². The molecule has 26 heavy (non-hydrogen) atoms. The number of anilines is 1. The maximum Gasteiger partial charge on any atom is 0.405 e. The van der Waals surface area contributed by atoms with E-state index < -0.39 is 35.9 Å². The number of nitrogens with zero attached hydrogens (tertiary/aromatic N) is 1. The molecule has 0 bridgehead atoms. The second-order valence-corrected chi connectivity index (χ2v) is 5.98. The molecule has 1 aliphatic carbocycles. The third kappa shape index (κ3) is 3.24. The van der Waals surface area contributed by atoms with Gasteiger partial charge in [0.2, 0.25) is 0 Å². The smallest absolute Gasteiger partial charge is 0.405 e. The molecule has 1 heterocycles. The minimum absolute atomic E-state index is 0.0598. The molecule has 2 aromatic rings. The second-order valence-electron chi connectivity index (χ2n) is 5.98. The van der Waals surface area contributed by atoms with Crippen LogP contribution in [-0.2, 0) is 18.2 Å². The molecule has 0 saturated carbocycles. The Morgan fingerprint density at radius 1 is 1.38 bits per heavy atom. The van der Waals surface area contributed by atoms with Gasteiger partial charge in [-0.25, -0.2) is 18.0 Å². The molecular weight excluding hydrogens is 351 g/mol. The fourth-order valence-corrected chi connectivity index (χ4v) is 3.21. The maximum atomic E-state index is 13.4. The number of rotatable bonds is 4. The molecule has 0 radical (unpaired) electrons. The molecule has 0 saturated heterocycles. The van der Waals surface area contributed by atoms with Crippen molar-refractivity contribution in [2.75, 3.05) is 5.32 Å². The summed E-state index contributed by atoms with van der Waals surface area (Å²) in [6.07, 6.45) is -1.74. The first-order valence-electron chi connectivity index (χ1n) is 7.81. The molecule has 0 fully saturated rings. The summed E-state index contributed by atoms with van der Waals surface area (Å²) in [5, 5.41) is 2.50. The monoisotopic (exact) mass is 367 g/mol. The Bertz CT molecular complexity index is 880. The number of alkyl halides is 2. The van der Waals surface area contributed by atoms with E-state index in [1.54, 1.807) is 17.8 Å². The van der Waals surface area contributed by atoms with Crippen molar-refractivity contribution in [1.29, 1.82) is 0 Å². The van der Waals surface area contributed by atoms with Gasteiger partial charge >= 0.3 is 6.09 Å². The lowest BCUT2D eigenvalue weighted by molar-refractivity contribution is 0.101. The number of nitrogens with two attached hydrogens (primary N) is 1. The summed E-state index contributed by atoms with van der Waals surface area (Å²) in [5.41, 5.74) is 6.03. The molecule has 1 atom stereocenters. The maximum absolute atomic E-state index is 13.4. The highest BCUT2D eigenvalue weighted by molar-refractivity contribution is 6.04. The van der Waals surface area contributed by atoms with Gasteiger partial charge in [0.1, 0.15) is 17.6 Å². The Kier molecular flexibility index (Phi) is 4.62. The van der Waals surface area contributed by atoms with Crippen molar-refractivity contribution in [3.05, 3.63) is 52.6 Å². The van der Waals surface area contributed by atoms with E-state index in [1.165, 1.54) is 6.07 Å². The fourth-order valence-electron chi connectivity index (χ4n) is 3.21. The number of aryl methyl sites for hydroxylation is 1. The van der Waals surface area contributed by atoms with Gasteiger partial charge in [0, 0.05) is 24.5 Å². The summed E-state index contributed by atoms with van der Waals surface area (Å²) in [4.78, 5) is 23.6. The van der Waals surface area contributed by atoms with E-state index in [0.29, 0.717) is 29.7 Å². The number of ether oxygens (including phenoxy) is 1. The van der Waals surface area contributed by atoms with E-state index in [1.807, 2.05) is 0 Å². The molecule has 9 heteroatoms. The van der Waals surface area contributed by atoms with Crippen LogP contribution in [0.2, 0.25) is 0 Å². The number of aromatic nitrogens is 1. The first kappa shape index (κ1) is 17.8. The summed E-state index contributed by atoms with van der Waals surface area (Å²) in [6, 6.07) is 2.99. The van der Waals surface area contributed by atoms with Crippen LogP contribution in [0.15, 0.2) is 24.4 Å². The fraction of sp³-hybridized carbons (Fsp3) is 0.294. The highest BCUT2D eigenvalue weighted by Crippen LogP contribution is 2.37. The largest absolute Gasteiger partial charge is 0.441 e. The van der Waals surface area contributed by atoms with Crippen molar-refractivity contribution in [1.82, 2.24) is 4.57 Å². The lowest BCUT2D eigenvalue weighted by Gasteiger charge is -2.10. The van der Waals surface area contributed by atoms with E-state index in [2.05, 4.69) is 5.32 Å². The molecule has 6 nitrogen and oxygen atoms in total. The molecule has 1 aliphatic rings. The number of fused-ring (bicyclic) bond motifs is 1. The molecule has 2 amide bonds. The zero-order valence-corrected chi connectivity index (χ0v) is 13.8. The van der Waals surface area contributed by atoms with Gasteiger partial charge in [-0.05, 0) is 36.6 Å². The van der Waals surface area contributed by atoms with Crippen molar-refractivity contribution in [3.63, 3.8) is 0 Å². The van der Waals surface area contributed by atoms with E-state index in [4.69, 9.17) is 10.5 Å². The normalized spacial score (nSPS) is 15.8. The number of benzene rings is 1. The van der Waals surface area contributed by atoms with Crippen molar-refractivity contribution in [2.24, 2.45) is 12.8 Å². The number of hydrogen-bond acceptors (Lipinski definition) is 3. The third-order valence-electron chi connectivity index (χ3n) is 4.29. The topological polar surface area (TPSA) is 86.3 Å². The minimum atomic E-state index is -2.99. The zero-order chi connectivity index (χ0) is 19.0. The van der Waals surface area contributed by atoms with Crippen LogP contribution in [0.1, 0.15) is 46.1 Å². The Labute approximate surface area is 146 Å². The number of amides is 2. The summed E-state index contributed by atoms with van der Waals surface area (Å²) in [5.74, 6) is -1.57. The van der Waals surface area contributed by atoms with Gasteiger partial charge in [-0.1, -0.05) is 0 Å². The van der Waals surface area contributed by atoms with Crippen LogP contribution in [0, 0.1) is 5.82 Å². The third-order valence-corrected chi connectivity index (χ3v) is 4.29. The molecular formula is C17H16F3N3O3. The summed E-state index contributed by atoms with van der Waals surface area (Å²) in [6.45, 7) is 0. The highest BCUT2D eigenvalue weighted by Gasteiger charge is 2.32. The van der Waals surface area contributed by atoms with Gasteiger partial charge in [0.25, 0.3) is 12.3 Å². The predicted molar refractivity (Wildman–Crippen MR) is 86.5 cm³/mol. The average molecular weight is 367 g/mol. The van der Waals surface area contributed by atoms with E-state index in [9.17, 15) is 22.8 Å². The van der Waals surface area contributed by atoms with Crippen LogP contribution in [0.3, 0.4) is 0 Å². The van der Waals surface area contributed by atoms with Gasteiger partial charge < -0.3 is 20.4 Å². The summed E-state index contributed by atoms with van der Waals surface area (Å²) >= 11 is 0. The Hall–Kier alpha value is -2.97. The molecule has 138 valence electrons. The lowest BCUT2D eigenvalue weighted by Crippen LogP contribution is -2.17. The van der Waals surface area contributed by atoms with Crippen molar-refractivity contribution in [3.8, 4) is 0 Å². The number of halogens is 3. The molecule has 1 unspecified atom stereocenters. The standard InChI is InChI=1S/C17H16F3N3O3/c1-23-7-11-9(3-5-13(11)26-17(21)25)14(23)16(24)22-8-2-4-12(18)10(6-8)15(19)20/h2,4,6-7,13,15H,3,5H2,1H3,(H2,21,25)(H,22,24). The van der Waals surface area contributed by atoms with Crippen molar-refractivity contribution < 1.29 is 27.5 Å². The van der Waals surface area contributed by atoms with Crippen LogP contribution >= 0.6 is 0 Å². The summed E-state index contributed by atoms with van der Waals surface area (Å²) in [7, 11) is 1.64. The van der Waals surface area contributed by atoms with Crippen molar-refractivity contribution >= 4 is 17.7 Å². The van der Waals surface area contributed by atoms with Gasteiger partial charge in [-0.2, -0.15) is 0 Å². The lowest BCUT2D eigenvalue weighted by atomic mass is 10.1. The van der Waals surface area contributed by atoms with Crippen LogP contribution < -0.4 is 11.1 Å². The van der Waals surface area contributed by atoms with Crippen LogP contribution in [0.25, 0.3) is 0 Å². The second kappa shape index (κ2) is 6.74. The number of nitrogens with one attached hydrogen (secondary N) is 1. The molecule has 3 rings (SSSR count). The first-order valence-corrected chi connectivity index (χ1v) is 7.81. The Morgan fingerprint density at radius 2 is 2.12 bits per heavy atom. The summed E-state index contributed by atoms with van der Waals surface area (Å²) < 4.78 is 45.6. The molecule has 0 aliphatic heterocycles. The Balaban J connectivity index is 1.86. The van der Waals surface area contributed by atoms with Crippen LogP contribution in [0.5, 0.6) is 0 Å². The number of carbonyl (C=O) groups is 2. The minimum Gasteiger partial charge on any atom is -0.441 e. The van der Waals surface area contributed by atoms with E-state index in [0.717, 1.165) is 12.1 Å².